The van der Waals surface area contributed by atoms with Crippen LogP contribution in [-0.2, 0) is 11.3 Å². The van der Waals surface area contributed by atoms with Gasteiger partial charge in [0.1, 0.15) is 0 Å². The highest BCUT2D eigenvalue weighted by Crippen LogP contribution is 2.24. The third-order valence-corrected chi connectivity index (χ3v) is 3.01. The molecule has 4 heteroatoms. The molecule has 2 aromatic carbocycles. The molecule has 0 saturated carbocycles. The molecule has 0 aromatic heterocycles. The molecule has 1 N–H and O–H groups in total. The molecule has 4 nitrogen and oxygen atoms in total. The molecule has 0 radical (unpaired) electrons. The van der Waals surface area contributed by atoms with E-state index >= 15 is 0 Å². The van der Waals surface area contributed by atoms with Crippen molar-refractivity contribution in [2.24, 2.45) is 0 Å². The predicted octanol–water partition coefficient (Wildman–Crippen LogP) is 2.50. The fourth-order valence-corrected chi connectivity index (χ4v) is 1.96. The summed E-state index contributed by atoms with van der Waals surface area (Å²) in [7, 11) is 1.30. The standard InChI is InChI=1S/C16H13NO3/c1-20-16(19)15-8-13(5-6-14(15)10-18)12-4-2-3-11(7-12)9-17/h2-8,18H,10H2,1H3. The lowest BCUT2D eigenvalue weighted by atomic mass is 9.98. The van der Waals surface area contributed by atoms with Crippen molar-refractivity contribution in [3.05, 3.63) is 59.2 Å². The Morgan fingerprint density at radius 3 is 2.65 bits per heavy atom. The third kappa shape index (κ3) is 2.68. The number of hydrogen-bond donors (Lipinski definition) is 1. The molecular weight excluding hydrogens is 254 g/mol. The molecule has 20 heavy (non-hydrogen) atoms. The molecule has 0 saturated heterocycles. The van der Waals surface area contributed by atoms with Gasteiger partial charge in [-0.05, 0) is 34.9 Å². The summed E-state index contributed by atoms with van der Waals surface area (Å²) in [4.78, 5) is 11.7. The Balaban J connectivity index is 2.53. The normalized spacial score (nSPS) is 9.85. The Kier molecular flexibility index (Phi) is 4.14. The van der Waals surface area contributed by atoms with E-state index in [9.17, 15) is 9.90 Å². The van der Waals surface area contributed by atoms with Gasteiger partial charge in [0.15, 0.2) is 0 Å². The molecule has 0 aliphatic carbocycles. The van der Waals surface area contributed by atoms with Gasteiger partial charge in [-0.15, -0.1) is 0 Å². The second kappa shape index (κ2) is 6.00. The Hall–Kier alpha value is -2.64. The average molecular weight is 267 g/mol. The fourth-order valence-electron chi connectivity index (χ4n) is 1.96. The molecule has 2 rings (SSSR count). The first-order chi connectivity index (χ1) is 9.69. The quantitative estimate of drug-likeness (QED) is 0.867. The van der Waals surface area contributed by atoms with E-state index in [0.717, 1.165) is 11.1 Å². The summed E-state index contributed by atoms with van der Waals surface area (Å²) < 4.78 is 4.71. The van der Waals surface area contributed by atoms with Crippen LogP contribution < -0.4 is 0 Å². The number of benzene rings is 2. The summed E-state index contributed by atoms with van der Waals surface area (Å²) >= 11 is 0. The molecule has 0 atom stereocenters. The van der Waals surface area contributed by atoms with Gasteiger partial charge in [-0.25, -0.2) is 4.79 Å². The van der Waals surface area contributed by atoms with Crippen LogP contribution in [0.25, 0.3) is 11.1 Å². The number of methoxy groups -OCH3 is 1. The first-order valence-electron chi connectivity index (χ1n) is 6.02. The first-order valence-corrected chi connectivity index (χ1v) is 6.02. The topological polar surface area (TPSA) is 70.3 Å². The highest BCUT2D eigenvalue weighted by molar-refractivity contribution is 5.92. The molecule has 0 spiro atoms. The molecule has 0 unspecified atom stereocenters. The maximum absolute atomic E-state index is 11.7. The summed E-state index contributed by atoms with van der Waals surface area (Å²) in [6, 6.07) is 14.3. The van der Waals surface area contributed by atoms with Gasteiger partial charge in [0.2, 0.25) is 0 Å². The van der Waals surface area contributed by atoms with E-state index in [0.29, 0.717) is 16.7 Å². The van der Waals surface area contributed by atoms with E-state index in [1.807, 2.05) is 6.07 Å². The largest absolute Gasteiger partial charge is 0.465 e. The zero-order valence-electron chi connectivity index (χ0n) is 11.0. The van der Waals surface area contributed by atoms with Crippen molar-refractivity contribution in [3.63, 3.8) is 0 Å². The van der Waals surface area contributed by atoms with Crippen LogP contribution in [-0.4, -0.2) is 18.2 Å². The molecule has 0 fully saturated rings. The maximum Gasteiger partial charge on any atom is 0.338 e. The Labute approximate surface area is 116 Å². The molecule has 2 aromatic rings. The number of nitrogens with zero attached hydrogens (tertiary/aromatic N) is 1. The highest BCUT2D eigenvalue weighted by atomic mass is 16.5. The SMILES string of the molecule is COC(=O)c1cc(-c2cccc(C#N)c2)ccc1CO. The third-order valence-electron chi connectivity index (χ3n) is 3.01. The molecular formula is C16H13NO3. The number of ether oxygens (including phenoxy) is 1. The Bertz CT molecular complexity index is 686. The van der Waals surface area contributed by atoms with E-state index in [1.54, 1.807) is 36.4 Å². The number of carbonyl (C=O) groups is 1. The van der Waals surface area contributed by atoms with Crippen molar-refractivity contribution < 1.29 is 14.6 Å². The highest BCUT2D eigenvalue weighted by Gasteiger charge is 2.13. The number of hydrogen-bond acceptors (Lipinski definition) is 4. The lowest BCUT2D eigenvalue weighted by Gasteiger charge is -2.09. The van der Waals surface area contributed by atoms with E-state index in [4.69, 9.17) is 10.00 Å². The number of nitriles is 1. The lowest BCUT2D eigenvalue weighted by molar-refractivity contribution is 0.0597. The zero-order chi connectivity index (χ0) is 14.5. The molecule has 100 valence electrons. The van der Waals surface area contributed by atoms with Crippen LogP contribution >= 0.6 is 0 Å². The van der Waals surface area contributed by atoms with Crippen LogP contribution in [0.1, 0.15) is 21.5 Å². The van der Waals surface area contributed by atoms with Gasteiger partial charge in [-0.3, -0.25) is 0 Å². The summed E-state index contributed by atoms with van der Waals surface area (Å²) in [5.74, 6) is -0.493. The average Bonchev–Trinajstić information content (AvgIpc) is 2.53. The maximum atomic E-state index is 11.7. The van der Waals surface area contributed by atoms with Gasteiger partial charge in [0, 0.05) is 0 Å². The van der Waals surface area contributed by atoms with Gasteiger partial charge < -0.3 is 9.84 Å². The van der Waals surface area contributed by atoms with E-state index in [2.05, 4.69) is 6.07 Å². The minimum absolute atomic E-state index is 0.233. The number of rotatable bonds is 3. The number of aliphatic hydroxyl groups excluding tert-OH is 1. The molecule has 0 bridgehead atoms. The minimum Gasteiger partial charge on any atom is -0.465 e. The van der Waals surface area contributed by atoms with Crippen LogP contribution in [0, 0.1) is 11.3 Å². The summed E-state index contributed by atoms with van der Waals surface area (Å²) in [6.45, 7) is -0.233. The number of esters is 1. The Morgan fingerprint density at radius 1 is 1.25 bits per heavy atom. The summed E-state index contributed by atoms with van der Waals surface area (Å²) in [6.07, 6.45) is 0. The summed E-state index contributed by atoms with van der Waals surface area (Å²) in [5, 5.41) is 18.2. The monoisotopic (exact) mass is 267 g/mol. The van der Waals surface area contributed by atoms with Crippen LogP contribution in [0.5, 0.6) is 0 Å². The lowest BCUT2D eigenvalue weighted by Crippen LogP contribution is -2.06. The van der Waals surface area contributed by atoms with E-state index in [-0.39, 0.29) is 6.61 Å². The van der Waals surface area contributed by atoms with Crippen LogP contribution in [0.3, 0.4) is 0 Å². The number of aliphatic hydroxyl groups is 1. The fraction of sp³-hybridized carbons (Fsp3) is 0.125. The van der Waals surface area contributed by atoms with Gasteiger partial charge in [0.05, 0.1) is 30.9 Å². The van der Waals surface area contributed by atoms with Crippen LogP contribution in [0.15, 0.2) is 42.5 Å². The van der Waals surface area contributed by atoms with Crippen molar-refractivity contribution in [2.75, 3.05) is 7.11 Å². The molecule has 0 heterocycles. The second-order valence-electron chi connectivity index (χ2n) is 4.21. The van der Waals surface area contributed by atoms with Crippen molar-refractivity contribution >= 4 is 5.97 Å². The van der Waals surface area contributed by atoms with Crippen LogP contribution in [0.4, 0.5) is 0 Å². The second-order valence-corrected chi connectivity index (χ2v) is 4.21. The molecule has 0 aliphatic rings. The van der Waals surface area contributed by atoms with E-state index in [1.165, 1.54) is 7.11 Å². The molecule has 0 amide bonds. The van der Waals surface area contributed by atoms with Crippen molar-refractivity contribution in [1.82, 2.24) is 0 Å². The van der Waals surface area contributed by atoms with Crippen molar-refractivity contribution in [3.8, 4) is 17.2 Å². The van der Waals surface area contributed by atoms with E-state index < -0.39 is 5.97 Å². The zero-order valence-corrected chi connectivity index (χ0v) is 11.0. The van der Waals surface area contributed by atoms with Crippen molar-refractivity contribution in [2.45, 2.75) is 6.61 Å². The van der Waals surface area contributed by atoms with Gasteiger partial charge >= 0.3 is 5.97 Å². The van der Waals surface area contributed by atoms with Gasteiger partial charge in [-0.2, -0.15) is 5.26 Å². The summed E-state index contributed by atoms with van der Waals surface area (Å²) in [5.41, 5.74) is 3.01. The predicted molar refractivity (Wildman–Crippen MR) is 73.9 cm³/mol. The Morgan fingerprint density at radius 2 is 2.00 bits per heavy atom. The number of carbonyl (C=O) groups excluding carboxylic acids is 1. The molecule has 0 aliphatic heterocycles. The smallest absolute Gasteiger partial charge is 0.338 e. The first kappa shape index (κ1) is 13.8. The van der Waals surface area contributed by atoms with Gasteiger partial charge in [-0.1, -0.05) is 24.3 Å². The van der Waals surface area contributed by atoms with Gasteiger partial charge in [0.25, 0.3) is 0 Å². The van der Waals surface area contributed by atoms with Crippen LogP contribution in [0.2, 0.25) is 0 Å². The minimum atomic E-state index is -0.493. The van der Waals surface area contributed by atoms with Crippen molar-refractivity contribution in [1.29, 1.82) is 5.26 Å².